The predicted octanol–water partition coefficient (Wildman–Crippen LogP) is 4.11. The number of fused-ring (bicyclic) bond motifs is 1. The third-order valence-corrected chi connectivity index (χ3v) is 3.49. The summed E-state index contributed by atoms with van der Waals surface area (Å²) in [5, 5.41) is 18.3. The molecular formula is C17H15N3O3. The fourth-order valence-corrected chi connectivity index (χ4v) is 2.35. The Kier molecular flexibility index (Phi) is 3.80. The molecule has 2 aromatic carbocycles. The third-order valence-electron chi connectivity index (χ3n) is 3.49. The average molecular weight is 309 g/mol. The summed E-state index contributed by atoms with van der Waals surface area (Å²) in [5.41, 5.74) is 2.30. The minimum atomic E-state index is -0.538. The Morgan fingerprint density at radius 3 is 2.78 bits per heavy atom. The predicted molar refractivity (Wildman–Crippen MR) is 86.5 cm³/mol. The van der Waals surface area contributed by atoms with Gasteiger partial charge in [0.25, 0.3) is 5.91 Å². The van der Waals surface area contributed by atoms with Gasteiger partial charge in [-0.1, -0.05) is 23.8 Å². The number of hydrogen-bond donors (Lipinski definition) is 2. The van der Waals surface area contributed by atoms with Crippen LogP contribution >= 0.6 is 0 Å². The number of benzene rings is 2. The molecule has 0 radical (unpaired) electrons. The van der Waals surface area contributed by atoms with E-state index in [9.17, 15) is 9.90 Å². The van der Waals surface area contributed by atoms with Crippen LogP contribution in [0.25, 0.3) is 10.9 Å². The fourth-order valence-electron chi connectivity index (χ4n) is 2.35. The van der Waals surface area contributed by atoms with Crippen molar-refractivity contribution in [3.63, 3.8) is 0 Å². The van der Waals surface area contributed by atoms with Crippen molar-refractivity contribution >= 4 is 22.5 Å². The molecule has 6 heteroatoms. The number of amides is 1. The number of methoxy groups -OCH3 is 1. The number of H-pyrrole nitrogens is 1. The summed E-state index contributed by atoms with van der Waals surface area (Å²) in [6.45, 7) is 1.93. The fraction of sp³-hybridized carbons (Fsp3) is 0.118. The number of rotatable bonds is 3. The molecule has 0 bridgehead atoms. The second kappa shape index (κ2) is 5.92. The van der Waals surface area contributed by atoms with E-state index < -0.39 is 5.91 Å². The molecule has 3 aromatic rings. The SMILES string of the molecule is COc1ccccc1C(=O)N=Nc1c(O)[nH]c2ccc(C)cc12. The first-order valence-electron chi connectivity index (χ1n) is 7.00. The summed E-state index contributed by atoms with van der Waals surface area (Å²) in [6, 6.07) is 12.4. The zero-order chi connectivity index (χ0) is 16.4. The normalized spacial score (nSPS) is 11.2. The number of aromatic nitrogens is 1. The highest BCUT2D eigenvalue weighted by molar-refractivity contribution is 5.98. The van der Waals surface area contributed by atoms with Crippen LogP contribution in [0, 0.1) is 6.92 Å². The Morgan fingerprint density at radius 2 is 2.00 bits per heavy atom. The van der Waals surface area contributed by atoms with Crippen molar-refractivity contribution < 1.29 is 14.6 Å². The number of aromatic amines is 1. The van der Waals surface area contributed by atoms with Gasteiger partial charge in [0.15, 0.2) is 5.69 Å². The van der Waals surface area contributed by atoms with E-state index in [4.69, 9.17) is 4.74 Å². The summed E-state index contributed by atoms with van der Waals surface area (Å²) in [4.78, 5) is 15.0. The molecule has 0 aliphatic heterocycles. The first kappa shape index (κ1) is 14.8. The molecule has 0 atom stereocenters. The van der Waals surface area contributed by atoms with Crippen LogP contribution in [-0.4, -0.2) is 23.1 Å². The summed E-state index contributed by atoms with van der Waals surface area (Å²) >= 11 is 0. The van der Waals surface area contributed by atoms with Gasteiger partial charge in [-0.2, -0.15) is 0 Å². The van der Waals surface area contributed by atoms with Crippen LogP contribution in [0.3, 0.4) is 0 Å². The molecule has 0 fully saturated rings. The highest BCUT2D eigenvalue weighted by Crippen LogP contribution is 2.36. The molecule has 0 spiro atoms. The summed E-state index contributed by atoms with van der Waals surface area (Å²) in [5.74, 6) is -0.235. The molecule has 2 N–H and O–H groups in total. The lowest BCUT2D eigenvalue weighted by Gasteiger charge is -2.03. The average Bonchev–Trinajstić information content (AvgIpc) is 2.87. The van der Waals surface area contributed by atoms with E-state index in [-0.39, 0.29) is 11.6 Å². The van der Waals surface area contributed by atoms with Crippen LogP contribution < -0.4 is 4.74 Å². The second-order valence-electron chi connectivity index (χ2n) is 5.08. The summed E-state index contributed by atoms with van der Waals surface area (Å²) in [7, 11) is 1.48. The van der Waals surface area contributed by atoms with E-state index in [2.05, 4.69) is 15.2 Å². The van der Waals surface area contributed by atoms with Crippen LogP contribution in [0.2, 0.25) is 0 Å². The van der Waals surface area contributed by atoms with E-state index in [1.165, 1.54) is 7.11 Å². The highest BCUT2D eigenvalue weighted by Gasteiger charge is 2.13. The molecular weight excluding hydrogens is 294 g/mol. The molecule has 116 valence electrons. The van der Waals surface area contributed by atoms with Gasteiger partial charge in [0.1, 0.15) is 5.75 Å². The highest BCUT2D eigenvalue weighted by atomic mass is 16.5. The number of para-hydroxylation sites is 1. The van der Waals surface area contributed by atoms with Gasteiger partial charge in [0.2, 0.25) is 5.88 Å². The third kappa shape index (κ3) is 2.78. The Bertz CT molecular complexity index is 913. The molecule has 0 saturated heterocycles. The zero-order valence-electron chi connectivity index (χ0n) is 12.7. The lowest BCUT2D eigenvalue weighted by Crippen LogP contribution is -1.97. The van der Waals surface area contributed by atoms with Gasteiger partial charge in [-0.15, -0.1) is 10.2 Å². The molecule has 0 aliphatic rings. The van der Waals surface area contributed by atoms with Crippen molar-refractivity contribution in [2.45, 2.75) is 6.92 Å². The Balaban J connectivity index is 1.98. The summed E-state index contributed by atoms with van der Waals surface area (Å²) in [6.07, 6.45) is 0. The van der Waals surface area contributed by atoms with Crippen LogP contribution in [-0.2, 0) is 0 Å². The van der Waals surface area contributed by atoms with E-state index in [1.807, 2.05) is 25.1 Å². The van der Waals surface area contributed by atoms with Crippen molar-refractivity contribution in [1.29, 1.82) is 0 Å². The number of aromatic hydroxyl groups is 1. The lowest BCUT2D eigenvalue weighted by molar-refractivity contribution is 0.0992. The molecule has 6 nitrogen and oxygen atoms in total. The van der Waals surface area contributed by atoms with E-state index in [1.54, 1.807) is 24.3 Å². The van der Waals surface area contributed by atoms with Crippen molar-refractivity contribution in [3.8, 4) is 11.6 Å². The largest absolute Gasteiger partial charge is 0.496 e. The molecule has 3 rings (SSSR count). The quantitative estimate of drug-likeness (QED) is 0.713. The lowest BCUT2D eigenvalue weighted by atomic mass is 10.1. The topological polar surface area (TPSA) is 87.0 Å². The van der Waals surface area contributed by atoms with E-state index >= 15 is 0 Å². The standard InChI is InChI=1S/C17H15N3O3/c1-10-7-8-13-12(9-10)15(17(22)18-13)19-20-16(21)11-5-3-4-6-14(11)23-2/h3-9,18,22H,1-2H3. The molecule has 0 aliphatic carbocycles. The zero-order valence-corrected chi connectivity index (χ0v) is 12.7. The number of carbonyl (C=O) groups is 1. The maximum atomic E-state index is 12.2. The molecule has 1 amide bonds. The monoisotopic (exact) mass is 309 g/mol. The molecule has 1 heterocycles. The second-order valence-corrected chi connectivity index (χ2v) is 5.08. The Labute approximate surface area is 132 Å². The summed E-state index contributed by atoms with van der Waals surface area (Å²) < 4.78 is 5.14. The van der Waals surface area contributed by atoms with Gasteiger partial charge in [-0.25, -0.2) is 0 Å². The molecule has 23 heavy (non-hydrogen) atoms. The number of nitrogens with one attached hydrogen (secondary N) is 1. The van der Waals surface area contributed by atoms with Crippen LogP contribution in [0.1, 0.15) is 15.9 Å². The smallest absolute Gasteiger partial charge is 0.299 e. The van der Waals surface area contributed by atoms with Gasteiger partial charge in [-0.3, -0.25) is 4.79 Å². The van der Waals surface area contributed by atoms with E-state index in [0.29, 0.717) is 16.7 Å². The van der Waals surface area contributed by atoms with Gasteiger partial charge < -0.3 is 14.8 Å². The van der Waals surface area contributed by atoms with Gasteiger partial charge in [0, 0.05) is 5.39 Å². The molecule has 1 aromatic heterocycles. The van der Waals surface area contributed by atoms with E-state index in [0.717, 1.165) is 11.1 Å². The van der Waals surface area contributed by atoms with Crippen molar-refractivity contribution in [2.75, 3.05) is 7.11 Å². The number of azo groups is 1. The maximum Gasteiger partial charge on any atom is 0.299 e. The van der Waals surface area contributed by atoms with Crippen molar-refractivity contribution in [2.24, 2.45) is 10.2 Å². The first-order chi connectivity index (χ1) is 11.1. The van der Waals surface area contributed by atoms with Gasteiger partial charge >= 0.3 is 0 Å². The number of carbonyl (C=O) groups excluding carboxylic acids is 1. The van der Waals surface area contributed by atoms with Crippen LogP contribution in [0.15, 0.2) is 52.7 Å². The number of hydrogen-bond acceptors (Lipinski definition) is 4. The minimum Gasteiger partial charge on any atom is -0.496 e. The number of nitrogens with zero attached hydrogens (tertiary/aromatic N) is 2. The van der Waals surface area contributed by atoms with Gasteiger partial charge in [0.05, 0.1) is 18.2 Å². The molecule has 0 unspecified atom stereocenters. The Hall–Kier alpha value is -3.15. The maximum absolute atomic E-state index is 12.2. The minimum absolute atomic E-state index is 0.123. The van der Waals surface area contributed by atoms with Crippen molar-refractivity contribution in [3.05, 3.63) is 53.6 Å². The first-order valence-corrected chi connectivity index (χ1v) is 7.00. The van der Waals surface area contributed by atoms with Gasteiger partial charge in [-0.05, 0) is 31.2 Å². The number of ether oxygens (including phenoxy) is 1. The number of aryl methyl sites for hydroxylation is 1. The Morgan fingerprint density at radius 1 is 1.22 bits per heavy atom. The molecule has 0 saturated carbocycles. The van der Waals surface area contributed by atoms with Crippen LogP contribution in [0.5, 0.6) is 11.6 Å². The van der Waals surface area contributed by atoms with Crippen molar-refractivity contribution in [1.82, 2.24) is 4.98 Å². The van der Waals surface area contributed by atoms with Crippen LogP contribution in [0.4, 0.5) is 5.69 Å².